The summed E-state index contributed by atoms with van der Waals surface area (Å²) in [5.41, 5.74) is 7.23. The van der Waals surface area contributed by atoms with Gasteiger partial charge in [0.05, 0.1) is 22.8 Å². The lowest BCUT2D eigenvalue weighted by Gasteiger charge is -2.26. The molecule has 36 heavy (non-hydrogen) atoms. The van der Waals surface area contributed by atoms with E-state index >= 15 is 0 Å². The van der Waals surface area contributed by atoms with E-state index in [0.29, 0.717) is 27.4 Å². The SMILES string of the molecule is COC1CN(c2cc(-c3cc(C(N)O)ccc3Cl)cnc2N(C)C(=O)c2c(F)cccc2Cl)CC1F. The van der Waals surface area contributed by atoms with E-state index in [4.69, 9.17) is 33.7 Å². The molecule has 190 valence electrons. The molecule has 7 nitrogen and oxygen atoms in total. The predicted molar refractivity (Wildman–Crippen MR) is 136 cm³/mol. The van der Waals surface area contributed by atoms with Gasteiger partial charge in [0.1, 0.15) is 24.3 Å². The molecule has 3 N–H and O–H groups in total. The maximum Gasteiger partial charge on any atom is 0.263 e. The molecular weight excluding hydrogens is 513 g/mol. The second-order valence-corrected chi connectivity index (χ2v) is 9.22. The molecule has 0 radical (unpaired) electrons. The quantitative estimate of drug-likeness (QED) is 0.447. The van der Waals surface area contributed by atoms with Gasteiger partial charge in [0.15, 0.2) is 5.82 Å². The zero-order valence-corrected chi connectivity index (χ0v) is 21.0. The van der Waals surface area contributed by atoms with Gasteiger partial charge >= 0.3 is 0 Å². The molecule has 1 amide bonds. The standard InChI is InChI=1S/C25H24Cl2F2N4O3/c1-32(25(35)22-17(27)4-3-5-18(22)28)24-20(33-11-19(29)21(12-33)36-2)9-14(10-31-24)15-8-13(23(30)34)6-7-16(15)26/h3-10,19,21,23,34H,11-12,30H2,1-2H3. The minimum atomic E-state index is -1.27. The van der Waals surface area contributed by atoms with E-state index in [2.05, 4.69) is 4.98 Å². The maximum atomic E-state index is 14.6. The molecule has 1 saturated heterocycles. The van der Waals surface area contributed by atoms with Crippen molar-refractivity contribution in [1.82, 2.24) is 4.98 Å². The van der Waals surface area contributed by atoms with Gasteiger partial charge in [-0.25, -0.2) is 13.8 Å². The van der Waals surface area contributed by atoms with Crippen LogP contribution in [0.1, 0.15) is 22.1 Å². The first-order valence-electron chi connectivity index (χ1n) is 11.0. The lowest BCUT2D eigenvalue weighted by atomic mass is 10.0. The number of methoxy groups -OCH3 is 1. The van der Waals surface area contributed by atoms with E-state index in [1.807, 2.05) is 0 Å². The van der Waals surface area contributed by atoms with Gasteiger partial charge in [0.25, 0.3) is 5.91 Å². The predicted octanol–water partition coefficient (Wildman–Crippen LogP) is 4.59. The third-order valence-electron chi connectivity index (χ3n) is 6.13. The first kappa shape index (κ1) is 26.2. The fourth-order valence-corrected chi connectivity index (χ4v) is 4.62. The normalized spacial score (nSPS) is 18.4. The van der Waals surface area contributed by atoms with Crippen LogP contribution in [0.4, 0.5) is 20.3 Å². The average molecular weight is 537 g/mol. The number of halogens is 4. The fraction of sp³-hybridized carbons (Fsp3) is 0.280. The van der Waals surface area contributed by atoms with Gasteiger partial charge in [0.2, 0.25) is 0 Å². The number of amides is 1. The molecule has 0 bridgehead atoms. The van der Waals surface area contributed by atoms with E-state index in [1.165, 1.54) is 37.4 Å². The van der Waals surface area contributed by atoms with E-state index in [-0.39, 0.29) is 29.5 Å². The van der Waals surface area contributed by atoms with E-state index in [9.17, 15) is 18.7 Å². The number of pyridine rings is 1. The highest BCUT2D eigenvalue weighted by Crippen LogP contribution is 2.38. The Kier molecular flexibility index (Phi) is 7.77. The molecule has 3 atom stereocenters. The van der Waals surface area contributed by atoms with Crippen LogP contribution in [0.15, 0.2) is 48.7 Å². The molecule has 3 aromatic rings. The molecule has 2 aromatic carbocycles. The highest BCUT2D eigenvalue weighted by molar-refractivity contribution is 6.34. The summed E-state index contributed by atoms with van der Waals surface area (Å²) in [7, 11) is 2.86. The summed E-state index contributed by atoms with van der Waals surface area (Å²) in [6.07, 6.45) is -1.68. The highest BCUT2D eigenvalue weighted by atomic mass is 35.5. The third kappa shape index (κ3) is 5.02. The monoisotopic (exact) mass is 536 g/mol. The molecule has 1 aliphatic heterocycles. The van der Waals surface area contributed by atoms with Crippen LogP contribution in [0.5, 0.6) is 0 Å². The molecule has 11 heteroatoms. The summed E-state index contributed by atoms with van der Waals surface area (Å²) in [6, 6.07) is 10.5. The number of carbonyl (C=O) groups excluding carboxylic acids is 1. The number of ether oxygens (including phenoxy) is 1. The minimum Gasteiger partial charge on any atom is -0.377 e. The Bertz CT molecular complexity index is 1270. The number of nitrogens with two attached hydrogens (primary N) is 1. The Morgan fingerprint density at radius 2 is 2.00 bits per heavy atom. The molecule has 2 heterocycles. The van der Waals surface area contributed by atoms with Crippen LogP contribution in [-0.4, -0.2) is 55.5 Å². The number of benzene rings is 2. The van der Waals surface area contributed by atoms with Crippen molar-refractivity contribution >= 4 is 40.6 Å². The van der Waals surface area contributed by atoms with Crippen LogP contribution in [-0.2, 0) is 4.74 Å². The van der Waals surface area contributed by atoms with Crippen molar-refractivity contribution < 1.29 is 23.4 Å². The van der Waals surface area contributed by atoms with Crippen LogP contribution in [0.2, 0.25) is 10.0 Å². The third-order valence-corrected chi connectivity index (χ3v) is 6.78. The maximum absolute atomic E-state index is 14.6. The Labute approximate surface area is 217 Å². The van der Waals surface area contributed by atoms with E-state index in [1.54, 1.807) is 29.2 Å². The average Bonchev–Trinajstić information content (AvgIpc) is 3.23. The number of hydrogen-bond donors (Lipinski definition) is 2. The summed E-state index contributed by atoms with van der Waals surface area (Å²) >= 11 is 12.5. The van der Waals surface area contributed by atoms with Crippen LogP contribution in [0.25, 0.3) is 11.1 Å². The number of carbonyl (C=O) groups is 1. The number of hydrogen-bond acceptors (Lipinski definition) is 6. The van der Waals surface area contributed by atoms with E-state index in [0.717, 1.165) is 6.07 Å². The van der Waals surface area contributed by atoms with Gasteiger partial charge in [-0.1, -0.05) is 35.3 Å². The topological polar surface area (TPSA) is 91.9 Å². The molecule has 1 aliphatic rings. The van der Waals surface area contributed by atoms with Crippen LogP contribution < -0.4 is 15.5 Å². The zero-order valence-electron chi connectivity index (χ0n) is 19.5. The molecule has 3 unspecified atom stereocenters. The van der Waals surface area contributed by atoms with Crippen molar-refractivity contribution in [2.24, 2.45) is 5.73 Å². The first-order chi connectivity index (χ1) is 17.1. The first-order valence-corrected chi connectivity index (χ1v) is 11.7. The highest BCUT2D eigenvalue weighted by Gasteiger charge is 2.35. The van der Waals surface area contributed by atoms with Gasteiger partial charge in [-0.2, -0.15) is 0 Å². The summed E-state index contributed by atoms with van der Waals surface area (Å²) in [5, 5.41) is 10.1. The largest absolute Gasteiger partial charge is 0.377 e. The van der Waals surface area contributed by atoms with Gasteiger partial charge in [-0.05, 0) is 35.9 Å². The molecular formula is C25H24Cl2F2N4O3. The Morgan fingerprint density at radius 1 is 1.25 bits per heavy atom. The molecule has 0 aliphatic carbocycles. The van der Waals surface area contributed by atoms with Crippen LogP contribution in [0, 0.1) is 5.82 Å². The number of nitrogens with zero attached hydrogens (tertiary/aromatic N) is 3. The summed E-state index contributed by atoms with van der Waals surface area (Å²) in [6.45, 7) is 0.196. The minimum absolute atomic E-state index is 0.00554. The molecule has 0 spiro atoms. The van der Waals surface area contributed by atoms with Crippen molar-refractivity contribution in [1.29, 1.82) is 0 Å². The van der Waals surface area contributed by atoms with Gasteiger partial charge in [-0.3, -0.25) is 9.69 Å². The summed E-state index contributed by atoms with van der Waals surface area (Å²) in [5.74, 6) is -1.32. The van der Waals surface area contributed by atoms with Crippen LogP contribution in [0.3, 0.4) is 0 Å². The van der Waals surface area contributed by atoms with Crippen molar-refractivity contribution in [3.63, 3.8) is 0 Å². The Morgan fingerprint density at radius 3 is 2.64 bits per heavy atom. The second kappa shape index (κ2) is 10.7. The molecule has 1 aromatic heterocycles. The number of aliphatic hydroxyl groups excluding tert-OH is 1. The number of anilines is 2. The number of aromatic nitrogens is 1. The fourth-order valence-electron chi connectivity index (χ4n) is 4.15. The lowest BCUT2D eigenvalue weighted by Crippen LogP contribution is -2.31. The Hall–Kier alpha value is -2.82. The van der Waals surface area contributed by atoms with Gasteiger partial charge in [0, 0.05) is 43.0 Å². The smallest absolute Gasteiger partial charge is 0.263 e. The van der Waals surface area contributed by atoms with Crippen LogP contribution >= 0.6 is 23.2 Å². The Balaban J connectivity index is 1.82. The van der Waals surface area contributed by atoms with Crippen molar-refractivity contribution in [3.8, 4) is 11.1 Å². The molecule has 1 fully saturated rings. The number of alkyl halides is 1. The molecule has 0 saturated carbocycles. The van der Waals surface area contributed by atoms with Gasteiger partial charge in [-0.15, -0.1) is 0 Å². The molecule has 4 rings (SSSR count). The summed E-state index contributed by atoms with van der Waals surface area (Å²) < 4.78 is 34.4. The van der Waals surface area contributed by atoms with Gasteiger partial charge < -0.3 is 20.5 Å². The van der Waals surface area contributed by atoms with E-state index < -0.39 is 30.2 Å². The van der Waals surface area contributed by atoms with Crippen molar-refractivity contribution in [2.75, 3.05) is 37.0 Å². The van der Waals surface area contributed by atoms with Crippen molar-refractivity contribution in [2.45, 2.75) is 18.5 Å². The zero-order chi connectivity index (χ0) is 26.1. The number of rotatable bonds is 6. The number of aliphatic hydroxyl groups is 1. The summed E-state index contributed by atoms with van der Waals surface area (Å²) in [4.78, 5) is 20.6. The lowest BCUT2D eigenvalue weighted by molar-refractivity contribution is 0.0650. The van der Waals surface area contributed by atoms with Crippen molar-refractivity contribution in [3.05, 3.63) is 75.7 Å². The second-order valence-electron chi connectivity index (χ2n) is 8.41.